The largest absolute Gasteiger partial charge is 0.497 e. The Hall–Kier alpha value is -3.67. The average molecular weight is 406 g/mol. The van der Waals surface area contributed by atoms with E-state index in [0.29, 0.717) is 22.4 Å². The number of nitrogens with two attached hydrogens (primary N) is 1. The van der Waals surface area contributed by atoms with Crippen LogP contribution in [0.4, 0.5) is 4.39 Å². The minimum Gasteiger partial charge on any atom is -0.497 e. The van der Waals surface area contributed by atoms with Gasteiger partial charge in [0.25, 0.3) is 5.91 Å². The minimum atomic E-state index is -1.04. The summed E-state index contributed by atoms with van der Waals surface area (Å²) in [5, 5.41) is 0. The first-order chi connectivity index (χ1) is 14.4. The molecule has 0 fully saturated rings. The zero-order chi connectivity index (χ0) is 21.7. The Morgan fingerprint density at radius 1 is 0.933 bits per heavy atom. The average Bonchev–Trinajstić information content (AvgIpc) is 2.77. The molecule has 0 radical (unpaired) electrons. The van der Waals surface area contributed by atoms with Gasteiger partial charge >= 0.3 is 0 Å². The van der Waals surface area contributed by atoms with Crippen LogP contribution in [-0.2, 0) is 4.79 Å². The van der Waals surface area contributed by atoms with E-state index in [1.54, 1.807) is 67.6 Å². The third kappa shape index (κ3) is 4.49. The highest BCUT2D eigenvalue weighted by Crippen LogP contribution is 2.34. The fourth-order valence-electron chi connectivity index (χ4n) is 3.45. The maximum Gasteiger partial charge on any atom is 0.255 e. The molecule has 0 bridgehead atoms. The second-order valence-electron chi connectivity index (χ2n) is 6.89. The van der Waals surface area contributed by atoms with Crippen LogP contribution >= 0.6 is 0 Å². The standard InChI is InChI=1S/C24H23FN2O3/c1-16(19-13-20(25)15-21(14-19)30-2)27(24(29)18-11-7-4-8-12-18)22(23(26)28)17-9-5-3-6-10-17/h3-16,22H,1-2H3,(H2,26,28)/t16-,22-/m1/s1. The number of methoxy groups -OCH3 is 1. The third-order valence-corrected chi connectivity index (χ3v) is 4.95. The number of nitrogens with zero attached hydrogens (tertiary/aromatic N) is 1. The van der Waals surface area contributed by atoms with Crippen LogP contribution in [0.5, 0.6) is 5.75 Å². The molecule has 2 amide bonds. The quantitative estimate of drug-likeness (QED) is 0.637. The lowest BCUT2D eigenvalue weighted by molar-refractivity contribution is -0.123. The van der Waals surface area contributed by atoms with Gasteiger partial charge in [-0.3, -0.25) is 9.59 Å². The van der Waals surface area contributed by atoms with E-state index in [9.17, 15) is 14.0 Å². The summed E-state index contributed by atoms with van der Waals surface area (Å²) >= 11 is 0. The van der Waals surface area contributed by atoms with E-state index in [-0.39, 0.29) is 5.91 Å². The van der Waals surface area contributed by atoms with Gasteiger partial charge in [-0.1, -0.05) is 48.5 Å². The van der Waals surface area contributed by atoms with E-state index in [1.165, 1.54) is 24.1 Å². The predicted octanol–water partition coefficient (Wildman–Crippen LogP) is 4.26. The van der Waals surface area contributed by atoms with Crippen LogP contribution in [0, 0.1) is 5.82 Å². The molecule has 3 rings (SSSR count). The number of hydrogen-bond donors (Lipinski definition) is 1. The summed E-state index contributed by atoms with van der Waals surface area (Å²) in [6.07, 6.45) is 0. The highest BCUT2D eigenvalue weighted by Gasteiger charge is 2.35. The molecule has 0 heterocycles. The van der Waals surface area contributed by atoms with Crippen LogP contribution in [0.15, 0.2) is 78.9 Å². The first-order valence-corrected chi connectivity index (χ1v) is 9.49. The lowest BCUT2D eigenvalue weighted by Gasteiger charge is -2.35. The number of hydrogen-bond acceptors (Lipinski definition) is 3. The van der Waals surface area contributed by atoms with Gasteiger partial charge in [0.05, 0.1) is 13.2 Å². The van der Waals surface area contributed by atoms with Gasteiger partial charge in [0.2, 0.25) is 5.91 Å². The number of halogens is 1. The molecular formula is C24H23FN2O3. The van der Waals surface area contributed by atoms with Gasteiger partial charge in [-0.15, -0.1) is 0 Å². The maximum absolute atomic E-state index is 14.2. The number of benzene rings is 3. The topological polar surface area (TPSA) is 72.6 Å². The molecule has 0 unspecified atom stereocenters. The van der Waals surface area contributed by atoms with Crippen LogP contribution in [-0.4, -0.2) is 23.8 Å². The normalized spacial score (nSPS) is 12.6. The first-order valence-electron chi connectivity index (χ1n) is 9.49. The van der Waals surface area contributed by atoms with Gasteiger partial charge in [0.1, 0.15) is 17.6 Å². The van der Waals surface area contributed by atoms with E-state index in [1.807, 2.05) is 6.07 Å². The number of carbonyl (C=O) groups is 2. The first kappa shape index (κ1) is 21.0. The second kappa shape index (κ2) is 9.22. The highest BCUT2D eigenvalue weighted by atomic mass is 19.1. The summed E-state index contributed by atoms with van der Waals surface area (Å²) in [7, 11) is 1.44. The van der Waals surface area contributed by atoms with Crippen molar-refractivity contribution < 1.29 is 18.7 Å². The van der Waals surface area contributed by atoms with Crippen molar-refractivity contribution in [3.63, 3.8) is 0 Å². The van der Waals surface area contributed by atoms with E-state index in [2.05, 4.69) is 0 Å². The van der Waals surface area contributed by atoms with E-state index >= 15 is 0 Å². The van der Waals surface area contributed by atoms with Crippen molar-refractivity contribution in [3.05, 3.63) is 101 Å². The highest BCUT2D eigenvalue weighted by molar-refractivity contribution is 5.98. The van der Waals surface area contributed by atoms with Crippen molar-refractivity contribution in [1.82, 2.24) is 4.90 Å². The van der Waals surface area contributed by atoms with Crippen molar-refractivity contribution in [1.29, 1.82) is 0 Å². The summed E-state index contributed by atoms with van der Waals surface area (Å²) in [6.45, 7) is 1.73. The van der Waals surface area contributed by atoms with Crippen molar-refractivity contribution >= 4 is 11.8 Å². The number of ether oxygens (including phenoxy) is 1. The molecule has 3 aromatic rings. The van der Waals surface area contributed by atoms with Crippen LogP contribution in [0.2, 0.25) is 0 Å². The molecule has 30 heavy (non-hydrogen) atoms. The Morgan fingerprint density at radius 3 is 2.10 bits per heavy atom. The second-order valence-corrected chi connectivity index (χ2v) is 6.89. The monoisotopic (exact) mass is 406 g/mol. The van der Waals surface area contributed by atoms with Crippen molar-refractivity contribution in [3.8, 4) is 5.75 Å². The van der Waals surface area contributed by atoms with Crippen molar-refractivity contribution in [2.45, 2.75) is 19.0 Å². The number of carbonyl (C=O) groups excluding carboxylic acids is 2. The molecule has 0 aromatic heterocycles. The SMILES string of the molecule is COc1cc(F)cc([C@@H](C)N(C(=O)c2ccccc2)[C@@H](C(N)=O)c2ccccc2)c1. The molecule has 0 saturated carbocycles. The molecule has 6 heteroatoms. The van der Waals surface area contributed by atoms with E-state index < -0.39 is 23.8 Å². The van der Waals surface area contributed by atoms with Crippen LogP contribution in [0.3, 0.4) is 0 Å². The summed E-state index contributed by atoms with van der Waals surface area (Å²) in [4.78, 5) is 27.4. The third-order valence-electron chi connectivity index (χ3n) is 4.95. The fraction of sp³-hybridized carbons (Fsp3) is 0.167. The lowest BCUT2D eigenvalue weighted by atomic mass is 9.97. The molecule has 2 atom stereocenters. The van der Waals surface area contributed by atoms with Crippen LogP contribution in [0.25, 0.3) is 0 Å². The summed E-state index contributed by atoms with van der Waals surface area (Å²) in [5.74, 6) is -1.25. The van der Waals surface area contributed by atoms with Crippen LogP contribution in [0.1, 0.15) is 40.5 Å². The van der Waals surface area contributed by atoms with Crippen molar-refractivity contribution in [2.24, 2.45) is 5.73 Å². The van der Waals surface area contributed by atoms with Gasteiger partial charge in [0, 0.05) is 11.6 Å². The molecule has 5 nitrogen and oxygen atoms in total. The summed E-state index contributed by atoms with van der Waals surface area (Å²) in [5.41, 5.74) is 7.21. The van der Waals surface area contributed by atoms with Gasteiger partial charge in [0.15, 0.2) is 0 Å². The smallest absolute Gasteiger partial charge is 0.255 e. The Bertz CT molecular complexity index is 1030. The molecule has 154 valence electrons. The molecule has 0 spiro atoms. The minimum absolute atomic E-state index is 0.319. The zero-order valence-corrected chi connectivity index (χ0v) is 16.8. The van der Waals surface area contributed by atoms with Gasteiger partial charge in [-0.2, -0.15) is 0 Å². The summed E-state index contributed by atoms with van der Waals surface area (Å²) < 4.78 is 19.3. The molecule has 0 aliphatic carbocycles. The van der Waals surface area contributed by atoms with E-state index in [0.717, 1.165) is 0 Å². The lowest BCUT2D eigenvalue weighted by Crippen LogP contribution is -2.43. The Morgan fingerprint density at radius 2 is 1.53 bits per heavy atom. The molecule has 0 aliphatic rings. The van der Waals surface area contributed by atoms with Gasteiger partial charge in [-0.05, 0) is 42.3 Å². The Balaban J connectivity index is 2.15. The van der Waals surface area contributed by atoms with Gasteiger partial charge < -0.3 is 15.4 Å². The summed E-state index contributed by atoms with van der Waals surface area (Å²) in [6, 6.07) is 19.9. The molecule has 0 aliphatic heterocycles. The number of amides is 2. The predicted molar refractivity (Wildman–Crippen MR) is 112 cm³/mol. The van der Waals surface area contributed by atoms with Gasteiger partial charge in [-0.25, -0.2) is 4.39 Å². The Labute approximate surface area is 174 Å². The maximum atomic E-state index is 14.2. The fourth-order valence-corrected chi connectivity index (χ4v) is 3.45. The molecular weight excluding hydrogens is 383 g/mol. The van der Waals surface area contributed by atoms with Crippen LogP contribution < -0.4 is 10.5 Å². The van der Waals surface area contributed by atoms with E-state index in [4.69, 9.17) is 10.5 Å². The zero-order valence-electron chi connectivity index (χ0n) is 16.8. The number of primary amides is 1. The van der Waals surface area contributed by atoms with Crippen molar-refractivity contribution in [2.75, 3.05) is 7.11 Å². The number of rotatable bonds is 7. The molecule has 3 aromatic carbocycles. The molecule has 0 saturated heterocycles. The molecule has 2 N–H and O–H groups in total. The Kier molecular flexibility index (Phi) is 6.47.